The maximum Gasteiger partial charge on any atom is 0.119 e. The normalized spacial score (nSPS) is 20.5. The van der Waals surface area contributed by atoms with Crippen LogP contribution in [-0.4, -0.2) is 69.8 Å². The monoisotopic (exact) mass is 359 g/mol. The molecule has 4 heteroatoms. The predicted octanol–water partition coefficient (Wildman–Crippen LogP) is 2.81. The zero-order chi connectivity index (χ0) is 18.2. The fourth-order valence-electron chi connectivity index (χ4n) is 4.20. The van der Waals surface area contributed by atoms with Crippen molar-refractivity contribution in [3.8, 4) is 5.75 Å². The van der Waals surface area contributed by atoms with Gasteiger partial charge in [0.25, 0.3) is 0 Å². The average molecular weight is 360 g/mol. The number of hydrogen-bond acceptors (Lipinski definition) is 4. The summed E-state index contributed by atoms with van der Waals surface area (Å²) in [6, 6.07) is 6.79. The van der Waals surface area contributed by atoms with E-state index in [2.05, 4.69) is 47.4 Å². The minimum absolute atomic E-state index is 0.797. The number of ether oxygens (including phenoxy) is 1. The summed E-state index contributed by atoms with van der Waals surface area (Å²) in [5, 5.41) is 3.46. The molecule has 1 aliphatic carbocycles. The molecule has 1 aromatic rings. The Morgan fingerprint density at radius 2 is 2.00 bits per heavy atom. The largest absolute Gasteiger partial charge is 0.494 e. The van der Waals surface area contributed by atoms with E-state index in [1.807, 2.05) is 0 Å². The van der Waals surface area contributed by atoms with Gasteiger partial charge < -0.3 is 19.9 Å². The number of hydrogen-bond donors (Lipinski definition) is 1. The lowest BCUT2D eigenvalue weighted by Crippen LogP contribution is -2.30. The van der Waals surface area contributed by atoms with Crippen LogP contribution in [-0.2, 0) is 12.8 Å². The van der Waals surface area contributed by atoms with Crippen molar-refractivity contribution in [1.82, 2.24) is 15.1 Å². The highest BCUT2D eigenvalue weighted by atomic mass is 16.5. The maximum absolute atomic E-state index is 5.98. The van der Waals surface area contributed by atoms with Gasteiger partial charge in [0.2, 0.25) is 0 Å². The fourth-order valence-corrected chi connectivity index (χ4v) is 4.20. The van der Waals surface area contributed by atoms with Crippen molar-refractivity contribution in [2.24, 2.45) is 5.92 Å². The second-order valence-corrected chi connectivity index (χ2v) is 8.30. The van der Waals surface area contributed by atoms with Gasteiger partial charge in [0.05, 0.1) is 6.61 Å². The standard InChI is InChI=1S/C22H37N3O/c1-24(2)14-11-23-10-5-15-26-22-9-8-20-16-19(6-7-21(20)17-22)18-25-12-3-4-13-25/h8-9,17,19,23H,3-7,10-16,18H2,1-2H3. The van der Waals surface area contributed by atoms with E-state index in [9.17, 15) is 0 Å². The molecule has 1 N–H and O–H groups in total. The number of fused-ring (bicyclic) bond motifs is 1. The molecule has 3 rings (SSSR count). The molecule has 0 bridgehead atoms. The van der Waals surface area contributed by atoms with Gasteiger partial charge in [-0.1, -0.05) is 6.07 Å². The van der Waals surface area contributed by atoms with Gasteiger partial charge in [0, 0.05) is 19.6 Å². The quantitative estimate of drug-likeness (QED) is 0.650. The summed E-state index contributed by atoms with van der Waals surface area (Å²) >= 11 is 0. The van der Waals surface area contributed by atoms with Crippen LogP contribution >= 0.6 is 0 Å². The lowest BCUT2D eigenvalue weighted by Gasteiger charge is -2.28. The molecule has 4 nitrogen and oxygen atoms in total. The molecule has 26 heavy (non-hydrogen) atoms. The molecule has 1 saturated heterocycles. The first kappa shape index (κ1) is 19.7. The molecule has 2 aliphatic rings. The molecule has 0 aromatic heterocycles. The lowest BCUT2D eigenvalue weighted by molar-refractivity contribution is 0.261. The van der Waals surface area contributed by atoms with Crippen molar-refractivity contribution in [3.63, 3.8) is 0 Å². The predicted molar refractivity (Wildman–Crippen MR) is 109 cm³/mol. The molecule has 1 fully saturated rings. The smallest absolute Gasteiger partial charge is 0.119 e. The van der Waals surface area contributed by atoms with Crippen molar-refractivity contribution in [2.75, 3.05) is 60.0 Å². The van der Waals surface area contributed by atoms with Crippen LogP contribution < -0.4 is 10.1 Å². The third kappa shape index (κ3) is 6.26. The van der Waals surface area contributed by atoms with E-state index >= 15 is 0 Å². The van der Waals surface area contributed by atoms with Crippen LogP contribution in [0.2, 0.25) is 0 Å². The summed E-state index contributed by atoms with van der Waals surface area (Å²) in [5.74, 6) is 1.90. The maximum atomic E-state index is 5.98. The van der Waals surface area contributed by atoms with Gasteiger partial charge in [-0.3, -0.25) is 0 Å². The Morgan fingerprint density at radius 3 is 2.81 bits per heavy atom. The average Bonchev–Trinajstić information content (AvgIpc) is 3.13. The first-order valence-electron chi connectivity index (χ1n) is 10.5. The van der Waals surface area contributed by atoms with Crippen molar-refractivity contribution >= 4 is 0 Å². The summed E-state index contributed by atoms with van der Waals surface area (Å²) in [6.45, 7) is 7.90. The van der Waals surface area contributed by atoms with Gasteiger partial charge in [0.1, 0.15) is 5.75 Å². The highest BCUT2D eigenvalue weighted by Crippen LogP contribution is 2.29. The van der Waals surface area contributed by atoms with Crippen molar-refractivity contribution in [2.45, 2.75) is 38.5 Å². The van der Waals surface area contributed by atoms with Crippen LogP contribution in [0.1, 0.15) is 36.8 Å². The van der Waals surface area contributed by atoms with Gasteiger partial charge in [-0.2, -0.15) is 0 Å². The number of likely N-dealkylation sites (N-methyl/N-ethyl adjacent to an activating group) is 1. The molecule has 146 valence electrons. The Labute approximate surface area is 159 Å². The number of benzene rings is 1. The van der Waals surface area contributed by atoms with E-state index in [0.29, 0.717) is 0 Å². The number of nitrogens with one attached hydrogen (secondary N) is 1. The second kappa shape index (κ2) is 10.3. The number of aryl methyl sites for hydroxylation is 1. The SMILES string of the molecule is CN(C)CCNCCCOc1ccc2c(c1)CCC(CN1CCCC1)C2. The van der Waals surface area contributed by atoms with Crippen LogP contribution in [0.5, 0.6) is 5.75 Å². The van der Waals surface area contributed by atoms with E-state index in [-0.39, 0.29) is 0 Å². The van der Waals surface area contributed by atoms with Gasteiger partial charge in [-0.05, 0) is 101 Å². The Hall–Kier alpha value is -1.10. The van der Waals surface area contributed by atoms with Crippen LogP contribution in [0, 0.1) is 5.92 Å². The van der Waals surface area contributed by atoms with Crippen molar-refractivity contribution < 1.29 is 4.74 Å². The minimum Gasteiger partial charge on any atom is -0.494 e. The molecule has 0 radical (unpaired) electrons. The van der Waals surface area contributed by atoms with E-state index in [1.165, 1.54) is 57.3 Å². The van der Waals surface area contributed by atoms with Crippen LogP contribution in [0.4, 0.5) is 0 Å². The zero-order valence-corrected chi connectivity index (χ0v) is 16.8. The van der Waals surface area contributed by atoms with Crippen molar-refractivity contribution in [1.29, 1.82) is 0 Å². The van der Waals surface area contributed by atoms with Crippen LogP contribution in [0.3, 0.4) is 0 Å². The lowest BCUT2D eigenvalue weighted by atomic mass is 9.83. The summed E-state index contributed by atoms with van der Waals surface area (Å²) in [7, 11) is 4.21. The van der Waals surface area contributed by atoms with Gasteiger partial charge in [-0.25, -0.2) is 0 Å². The van der Waals surface area contributed by atoms with E-state index in [1.54, 1.807) is 5.56 Å². The summed E-state index contributed by atoms with van der Waals surface area (Å²) in [5.41, 5.74) is 3.07. The molecule has 1 aliphatic heterocycles. The van der Waals surface area contributed by atoms with Gasteiger partial charge in [-0.15, -0.1) is 0 Å². The second-order valence-electron chi connectivity index (χ2n) is 8.30. The Balaban J connectivity index is 1.36. The molecule has 1 aromatic carbocycles. The Bertz CT molecular complexity index is 540. The number of rotatable bonds is 10. The highest BCUT2D eigenvalue weighted by Gasteiger charge is 2.22. The highest BCUT2D eigenvalue weighted by molar-refractivity contribution is 5.37. The first-order chi connectivity index (χ1) is 12.7. The summed E-state index contributed by atoms with van der Waals surface area (Å²) in [4.78, 5) is 4.87. The van der Waals surface area contributed by atoms with E-state index in [0.717, 1.165) is 44.3 Å². The molecular weight excluding hydrogens is 322 g/mol. The van der Waals surface area contributed by atoms with Gasteiger partial charge in [0.15, 0.2) is 0 Å². The fraction of sp³-hybridized carbons (Fsp3) is 0.727. The van der Waals surface area contributed by atoms with Crippen LogP contribution in [0.25, 0.3) is 0 Å². The third-order valence-corrected chi connectivity index (χ3v) is 5.73. The number of likely N-dealkylation sites (tertiary alicyclic amines) is 1. The molecule has 1 unspecified atom stereocenters. The Morgan fingerprint density at radius 1 is 1.15 bits per heavy atom. The molecule has 0 spiro atoms. The molecule has 1 heterocycles. The summed E-state index contributed by atoms with van der Waals surface area (Å²) in [6.07, 6.45) is 7.66. The van der Waals surface area contributed by atoms with E-state index < -0.39 is 0 Å². The van der Waals surface area contributed by atoms with Gasteiger partial charge >= 0.3 is 0 Å². The van der Waals surface area contributed by atoms with Crippen molar-refractivity contribution in [3.05, 3.63) is 29.3 Å². The van der Waals surface area contributed by atoms with E-state index in [4.69, 9.17) is 4.74 Å². The topological polar surface area (TPSA) is 27.7 Å². The molecule has 1 atom stereocenters. The molecule has 0 amide bonds. The Kier molecular flexibility index (Phi) is 7.78. The zero-order valence-electron chi connectivity index (χ0n) is 16.8. The molecular formula is C22H37N3O. The molecule has 0 saturated carbocycles. The third-order valence-electron chi connectivity index (χ3n) is 5.73. The number of nitrogens with zero attached hydrogens (tertiary/aromatic N) is 2. The minimum atomic E-state index is 0.797. The first-order valence-corrected chi connectivity index (χ1v) is 10.5. The summed E-state index contributed by atoms with van der Waals surface area (Å²) < 4.78 is 5.98. The van der Waals surface area contributed by atoms with Crippen LogP contribution in [0.15, 0.2) is 18.2 Å².